The van der Waals surface area contributed by atoms with E-state index in [1.54, 1.807) is 0 Å². The van der Waals surface area contributed by atoms with Gasteiger partial charge in [0.1, 0.15) is 0 Å². The molecule has 0 aliphatic rings. The molecule has 0 fully saturated rings. The van der Waals surface area contributed by atoms with E-state index in [0.29, 0.717) is 0 Å². The quantitative estimate of drug-likeness (QED) is 0.280. The molecule has 0 heterocycles. The summed E-state index contributed by atoms with van der Waals surface area (Å²) in [4.78, 5) is 0. The van der Waals surface area contributed by atoms with Gasteiger partial charge in [-0.1, -0.05) is 7.43 Å². The largest absolute Gasteiger partial charge is 0.187 e. The molecule has 0 aromatic carbocycles. The van der Waals surface area contributed by atoms with Crippen LogP contribution in [0.1, 0.15) is 7.43 Å². The van der Waals surface area contributed by atoms with E-state index < -0.39 is 0 Å². The van der Waals surface area contributed by atoms with E-state index in [-0.39, 0.29) is 64.8 Å². The van der Waals surface area contributed by atoms with E-state index in [4.69, 9.17) is 0 Å². The summed E-state index contributed by atoms with van der Waals surface area (Å²) in [5, 5.41) is 0. The maximum Gasteiger partial charge on any atom is 0.187 e. The average molecular weight is 142 g/mol. The van der Waals surface area contributed by atoms with Crippen molar-refractivity contribution >= 4 is 35.7 Å². The van der Waals surface area contributed by atoms with E-state index in [9.17, 15) is 0 Å². The van der Waals surface area contributed by atoms with Crippen LogP contribution in [0.3, 0.4) is 0 Å². The van der Waals surface area contributed by atoms with Crippen LogP contribution in [0.15, 0.2) is 0 Å². The summed E-state index contributed by atoms with van der Waals surface area (Å²) < 4.78 is 0. The molecule has 4 heteroatoms. The van der Waals surface area contributed by atoms with Crippen LogP contribution in [0.25, 0.3) is 0 Å². The summed E-state index contributed by atoms with van der Waals surface area (Å²) in [6, 6.07) is 0. The Kier molecular flexibility index (Phi) is 624. The minimum absolute atomic E-state index is 0. The Hall–Kier alpha value is 1.74. The standard InChI is InChI=1S/CH4.Al.BH3.H3P.Ti.3H/h1H4;;2*1H3;;;;. The van der Waals surface area contributed by atoms with Gasteiger partial charge in [-0.2, -0.15) is 9.90 Å². The van der Waals surface area contributed by atoms with Gasteiger partial charge < -0.3 is 0 Å². The third-order valence-electron chi connectivity index (χ3n) is 0. The van der Waals surface area contributed by atoms with E-state index in [0.717, 1.165) is 0 Å². The first kappa shape index (κ1) is 73.3. The average Bonchev–Trinajstić information content (AvgIpc) is 0. The first-order valence-corrected chi connectivity index (χ1v) is 0. The molecule has 0 amide bonds. The Morgan fingerprint density at radius 1 is 1.00 bits per heavy atom. The van der Waals surface area contributed by atoms with E-state index in [1.165, 1.54) is 0 Å². The molecule has 0 radical (unpaired) electrons. The number of hydrogen-bond donors (Lipinski definition) is 0. The van der Waals surface area contributed by atoms with Crippen molar-refractivity contribution in [3.8, 4) is 0 Å². The second-order valence-corrected chi connectivity index (χ2v) is 0. The zero-order valence-electron chi connectivity index (χ0n) is 1.21. The molecule has 5 heavy (non-hydrogen) atoms. The summed E-state index contributed by atoms with van der Waals surface area (Å²) in [5.41, 5.74) is 0. The van der Waals surface area contributed by atoms with Gasteiger partial charge in [0.05, 0.1) is 8.41 Å². The molecule has 1 atom stereocenters. The van der Waals surface area contributed by atoms with Gasteiger partial charge in [-0.05, 0) is 0 Å². The zero-order chi connectivity index (χ0) is 0. The molecule has 1 unspecified atom stereocenters. The van der Waals surface area contributed by atoms with Crippen LogP contribution in [0.2, 0.25) is 0 Å². The van der Waals surface area contributed by atoms with Crippen LogP contribution in [-0.2, 0) is 21.7 Å². The molecular weight excluding hydrogens is 129 g/mol. The summed E-state index contributed by atoms with van der Waals surface area (Å²) >= 11 is 0. The number of rotatable bonds is 0. The normalized spacial score (nSPS) is 0. The maximum absolute atomic E-state index is 0. The molecule has 0 N–H and O–H groups in total. The molecule has 0 spiro atoms. The van der Waals surface area contributed by atoms with Gasteiger partial charge in [-0.25, -0.2) is 0 Å². The summed E-state index contributed by atoms with van der Waals surface area (Å²) in [6.45, 7) is 0. The monoisotopic (exact) mass is 142 g/mol. The number of hydrogen-bond acceptors (Lipinski definition) is 0. The molecule has 0 rings (SSSR count). The smallest absolute Gasteiger partial charge is 0.153 e. The van der Waals surface area contributed by atoms with Crippen molar-refractivity contribution in [3.63, 3.8) is 0 Å². The Bertz CT molecular complexity index is 11.6. The van der Waals surface area contributed by atoms with Crippen LogP contribution >= 0.6 is 9.90 Å². The van der Waals surface area contributed by atoms with Gasteiger partial charge in [-0.3, -0.25) is 0 Å². The van der Waals surface area contributed by atoms with E-state index >= 15 is 0 Å². The van der Waals surface area contributed by atoms with Crippen molar-refractivity contribution in [1.82, 2.24) is 0 Å². The van der Waals surface area contributed by atoms with Gasteiger partial charge >= 0.3 is 0 Å². The predicted molar refractivity (Wildman–Crippen MR) is 37.7 cm³/mol. The molecule has 0 bridgehead atoms. The fourth-order valence-corrected chi connectivity index (χ4v) is 0. The van der Waals surface area contributed by atoms with E-state index in [1.807, 2.05) is 0 Å². The second kappa shape index (κ2) is 42.6. The third-order valence-corrected chi connectivity index (χ3v) is 0. The second-order valence-electron chi connectivity index (χ2n) is 0. The van der Waals surface area contributed by atoms with Crippen LogP contribution < -0.4 is 0 Å². The van der Waals surface area contributed by atoms with Gasteiger partial charge in [0.2, 0.25) is 0 Å². The molecule has 0 saturated heterocycles. The first-order chi connectivity index (χ1) is 0. The first-order valence-electron chi connectivity index (χ1n) is 0. The van der Waals surface area contributed by atoms with Crippen molar-refractivity contribution < 1.29 is 21.7 Å². The molecule has 32 valence electrons. The summed E-state index contributed by atoms with van der Waals surface area (Å²) in [6.07, 6.45) is 0. The van der Waals surface area contributed by atoms with Crippen molar-refractivity contribution in [1.29, 1.82) is 0 Å². The summed E-state index contributed by atoms with van der Waals surface area (Å²) in [7, 11) is 0. The van der Waals surface area contributed by atoms with Crippen LogP contribution in [0.4, 0.5) is 0 Å². The third kappa shape index (κ3) is 26.5. The minimum Gasteiger partial charge on any atom is -0.153 e. The van der Waals surface area contributed by atoms with Gasteiger partial charge in [0.15, 0.2) is 17.4 Å². The fourth-order valence-electron chi connectivity index (χ4n) is 0. The molecule has 0 nitrogen and oxygen atoms in total. The zero-order valence-corrected chi connectivity index (χ0v) is 4.18. The van der Waals surface area contributed by atoms with Crippen LogP contribution in [0.5, 0.6) is 0 Å². The van der Waals surface area contributed by atoms with Gasteiger partial charge in [-0.15, -0.1) is 0 Å². The Balaban J connectivity index is 0. The van der Waals surface area contributed by atoms with Crippen LogP contribution in [-0.4, -0.2) is 25.8 Å². The van der Waals surface area contributed by atoms with E-state index in [2.05, 4.69) is 0 Å². The molecule has 0 saturated carbocycles. The van der Waals surface area contributed by atoms with Crippen molar-refractivity contribution in [2.45, 2.75) is 7.43 Å². The van der Waals surface area contributed by atoms with Crippen molar-refractivity contribution in [2.75, 3.05) is 0 Å². The fraction of sp³-hybridized carbons (Fsp3) is 1.00. The molecule has 0 aromatic rings. The van der Waals surface area contributed by atoms with Crippen molar-refractivity contribution in [3.05, 3.63) is 0 Å². The Morgan fingerprint density at radius 2 is 1.00 bits per heavy atom. The Labute approximate surface area is 64.7 Å². The molecular formula is CH13AlBPTi. The summed E-state index contributed by atoms with van der Waals surface area (Å²) in [5.74, 6) is 0. The molecule has 0 aliphatic carbocycles. The molecule has 0 aromatic heterocycles. The Morgan fingerprint density at radius 3 is 1.00 bits per heavy atom. The minimum atomic E-state index is 0. The predicted octanol–water partition coefficient (Wildman–Crippen LogP) is -1.68. The maximum atomic E-state index is 0. The topological polar surface area (TPSA) is 0 Å². The van der Waals surface area contributed by atoms with Gasteiger partial charge in [0.25, 0.3) is 0 Å². The molecule has 0 aliphatic heterocycles. The van der Waals surface area contributed by atoms with Crippen LogP contribution in [0, 0.1) is 0 Å². The SMILES string of the molecule is B.C.P.[AlH3].[Ti]. The van der Waals surface area contributed by atoms with Gasteiger partial charge in [0, 0.05) is 21.7 Å². The van der Waals surface area contributed by atoms with Crippen molar-refractivity contribution in [2.24, 2.45) is 0 Å².